The van der Waals surface area contributed by atoms with Crippen LogP contribution in [0.3, 0.4) is 0 Å². The lowest BCUT2D eigenvalue weighted by atomic mass is 10.2. The molecule has 0 aliphatic carbocycles. The smallest absolute Gasteiger partial charge is 0.0948 e. The third kappa shape index (κ3) is 2.83. The Morgan fingerprint density at radius 2 is 2.11 bits per heavy atom. The number of imidazole rings is 1. The molecule has 1 aromatic carbocycles. The van der Waals surface area contributed by atoms with E-state index in [1.54, 1.807) is 12.5 Å². The standard InChI is InChI=1S/C13H16ClN3O/c1-2-17-9-15-7-13(17)12(8-18)16-11-5-3-10(14)4-6-11/h3-7,9,12,16,18H,2,8H2,1H3. The molecular formula is C13H16ClN3O. The highest BCUT2D eigenvalue weighted by Crippen LogP contribution is 2.20. The SMILES string of the molecule is CCn1cncc1C(CO)Nc1ccc(Cl)cc1. The van der Waals surface area contributed by atoms with Crippen molar-refractivity contribution in [3.63, 3.8) is 0 Å². The van der Waals surface area contributed by atoms with Crippen molar-refractivity contribution >= 4 is 17.3 Å². The number of aryl methyl sites for hydroxylation is 1. The molecule has 0 aliphatic heterocycles. The number of hydrogen-bond donors (Lipinski definition) is 2. The Hall–Kier alpha value is -1.52. The summed E-state index contributed by atoms with van der Waals surface area (Å²) in [5.41, 5.74) is 1.89. The molecule has 0 bridgehead atoms. The zero-order valence-corrected chi connectivity index (χ0v) is 10.9. The normalized spacial score (nSPS) is 12.4. The molecule has 0 aliphatic rings. The lowest BCUT2D eigenvalue weighted by Crippen LogP contribution is -2.18. The van der Waals surface area contributed by atoms with Crippen LogP contribution in [0.25, 0.3) is 0 Å². The molecule has 18 heavy (non-hydrogen) atoms. The molecule has 0 amide bonds. The van der Waals surface area contributed by atoms with E-state index < -0.39 is 0 Å². The van der Waals surface area contributed by atoms with Gasteiger partial charge in [0.15, 0.2) is 0 Å². The average molecular weight is 266 g/mol. The van der Waals surface area contributed by atoms with Gasteiger partial charge in [-0.25, -0.2) is 4.98 Å². The molecule has 4 nitrogen and oxygen atoms in total. The van der Waals surface area contributed by atoms with Gasteiger partial charge in [-0.05, 0) is 31.2 Å². The molecule has 1 atom stereocenters. The highest BCUT2D eigenvalue weighted by atomic mass is 35.5. The zero-order chi connectivity index (χ0) is 13.0. The summed E-state index contributed by atoms with van der Waals surface area (Å²) in [6, 6.07) is 7.23. The number of nitrogens with zero attached hydrogens (tertiary/aromatic N) is 2. The molecule has 0 saturated carbocycles. The van der Waals surface area contributed by atoms with Crippen molar-refractivity contribution in [2.75, 3.05) is 11.9 Å². The highest BCUT2D eigenvalue weighted by molar-refractivity contribution is 6.30. The summed E-state index contributed by atoms with van der Waals surface area (Å²) in [6.07, 6.45) is 3.54. The van der Waals surface area contributed by atoms with Gasteiger partial charge in [0, 0.05) is 17.3 Å². The van der Waals surface area contributed by atoms with Crippen molar-refractivity contribution in [2.24, 2.45) is 0 Å². The van der Waals surface area contributed by atoms with Gasteiger partial charge in [0.25, 0.3) is 0 Å². The molecule has 0 radical (unpaired) electrons. The van der Waals surface area contributed by atoms with Crippen molar-refractivity contribution in [2.45, 2.75) is 19.5 Å². The van der Waals surface area contributed by atoms with E-state index in [4.69, 9.17) is 11.6 Å². The predicted molar refractivity (Wildman–Crippen MR) is 72.8 cm³/mol. The van der Waals surface area contributed by atoms with E-state index in [1.807, 2.05) is 35.8 Å². The molecule has 1 unspecified atom stereocenters. The number of halogens is 1. The summed E-state index contributed by atoms with van der Waals surface area (Å²) in [6.45, 7) is 2.88. The minimum Gasteiger partial charge on any atom is -0.394 e. The quantitative estimate of drug-likeness (QED) is 0.874. The third-order valence-electron chi connectivity index (χ3n) is 2.81. The van der Waals surface area contributed by atoms with Crippen LogP contribution in [-0.2, 0) is 6.54 Å². The molecule has 0 spiro atoms. The Bertz CT molecular complexity index is 495. The minimum absolute atomic E-state index is 0.00825. The molecular weight excluding hydrogens is 250 g/mol. The monoisotopic (exact) mass is 265 g/mol. The van der Waals surface area contributed by atoms with E-state index in [-0.39, 0.29) is 12.6 Å². The first-order valence-electron chi connectivity index (χ1n) is 5.87. The van der Waals surface area contributed by atoms with E-state index in [0.29, 0.717) is 5.02 Å². The molecule has 2 N–H and O–H groups in total. The Morgan fingerprint density at radius 1 is 1.39 bits per heavy atom. The fourth-order valence-electron chi connectivity index (χ4n) is 1.85. The first kappa shape index (κ1) is 12.9. The molecule has 1 heterocycles. The maximum absolute atomic E-state index is 9.50. The van der Waals surface area contributed by atoms with Crippen LogP contribution in [0.1, 0.15) is 18.7 Å². The number of rotatable bonds is 5. The Labute approximate surface area is 111 Å². The molecule has 0 saturated heterocycles. The van der Waals surface area contributed by atoms with Crippen molar-refractivity contribution in [1.29, 1.82) is 0 Å². The van der Waals surface area contributed by atoms with E-state index in [9.17, 15) is 5.11 Å². The second-order valence-corrected chi connectivity index (χ2v) is 4.43. The van der Waals surface area contributed by atoms with Gasteiger partial charge in [0.05, 0.1) is 30.9 Å². The van der Waals surface area contributed by atoms with E-state index in [0.717, 1.165) is 17.9 Å². The van der Waals surface area contributed by atoms with Crippen molar-refractivity contribution < 1.29 is 5.11 Å². The van der Waals surface area contributed by atoms with Crippen LogP contribution in [0.4, 0.5) is 5.69 Å². The number of anilines is 1. The number of aromatic nitrogens is 2. The van der Waals surface area contributed by atoms with Gasteiger partial charge in [-0.15, -0.1) is 0 Å². The number of benzene rings is 1. The number of aliphatic hydroxyl groups excluding tert-OH is 1. The van der Waals surface area contributed by atoms with Crippen molar-refractivity contribution in [3.8, 4) is 0 Å². The summed E-state index contributed by atoms with van der Waals surface area (Å²) in [5, 5.41) is 13.5. The summed E-state index contributed by atoms with van der Waals surface area (Å²) in [5.74, 6) is 0. The largest absolute Gasteiger partial charge is 0.394 e. The third-order valence-corrected chi connectivity index (χ3v) is 3.06. The van der Waals surface area contributed by atoms with Gasteiger partial charge < -0.3 is 15.0 Å². The maximum Gasteiger partial charge on any atom is 0.0948 e. The number of aliphatic hydroxyl groups is 1. The fraction of sp³-hybridized carbons (Fsp3) is 0.308. The Kier molecular flexibility index (Phi) is 4.23. The van der Waals surface area contributed by atoms with Crippen LogP contribution in [0.5, 0.6) is 0 Å². The van der Waals surface area contributed by atoms with Crippen LogP contribution < -0.4 is 5.32 Å². The number of hydrogen-bond acceptors (Lipinski definition) is 3. The van der Waals surface area contributed by atoms with Crippen molar-refractivity contribution in [3.05, 3.63) is 47.5 Å². The molecule has 96 valence electrons. The second kappa shape index (κ2) is 5.89. The molecule has 2 aromatic rings. The van der Waals surface area contributed by atoms with Crippen LogP contribution in [-0.4, -0.2) is 21.3 Å². The van der Waals surface area contributed by atoms with Gasteiger partial charge in [-0.2, -0.15) is 0 Å². The second-order valence-electron chi connectivity index (χ2n) is 3.99. The first-order chi connectivity index (χ1) is 8.74. The van der Waals surface area contributed by atoms with Gasteiger partial charge in [-0.3, -0.25) is 0 Å². The highest BCUT2D eigenvalue weighted by Gasteiger charge is 2.14. The lowest BCUT2D eigenvalue weighted by Gasteiger charge is -2.19. The maximum atomic E-state index is 9.50. The van der Waals surface area contributed by atoms with Gasteiger partial charge in [-0.1, -0.05) is 11.6 Å². The predicted octanol–water partition coefficient (Wildman–Crippen LogP) is 2.70. The van der Waals surface area contributed by atoms with Crippen LogP contribution in [0, 0.1) is 0 Å². The van der Waals surface area contributed by atoms with Crippen molar-refractivity contribution in [1.82, 2.24) is 9.55 Å². The van der Waals surface area contributed by atoms with Crippen LogP contribution in [0.2, 0.25) is 5.02 Å². The Balaban J connectivity index is 2.17. The lowest BCUT2D eigenvalue weighted by molar-refractivity contribution is 0.272. The fourth-order valence-corrected chi connectivity index (χ4v) is 1.97. The molecule has 5 heteroatoms. The summed E-state index contributed by atoms with van der Waals surface area (Å²) in [7, 11) is 0. The molecule has 2 rings (SSSR count). The van der Waals surface area contributed by atoms with E-state index in [1.165, 1.54) is 0 Å². The number of nitrogens with one attached hydrogen (secondary N) is 1. The summed E-state index contributed by atoms with van der Waals surface area (Å²) in [4.78, 5) is 4.11. The van der Waals surface area contributed by atoms with Crippen LogP contribution in [0.15, 0.2) is 36.8 Å². The zero-order valence-electron chi connectivity index (χ0n) is 10.2. The van der Waals surface area contributed by atoms with Gasteiger partial charge in [0.1, 0.15) is 0 Å². The molecule has 1 aromatic heterocycles. The Morgan fingerprint density at radius 3 is 2.72 bits per heavy atom. The minimum atomic E-state index is -0.173. The van der Waals surface area contributed by atoms with E-state index in [2.05, 4.69) is 10.3 Å². The summed E-state index contributed by atoms with van der Waals surface area (Å²) >= 11 is 5.84. The summed E-state index contributed by atoms with van der Waals surface area (Å²) < 4.78 is 2.00. The van der Waals surface area contributed by atoms with Gasteiger partial charge >= 0.3 is 0 Å². The topological polar surface area (TPSA) is 50.1 Å². The van der Waals surface area contributed by atoms with Gasteiger partial charge in [0.2, 0.25) is 0 Å². The van der Waals surface area contributed by atoms with Crippen LogP contribution >= 0.6 is 11.6 Å². The van der Waals surface area contributed by atoms with E-state index >= 15 is 0 Å². The first-order valence-corrected chi connectivity index (χ1v) is 6.25. The molecule has 0 fully saturated rings. The average Bonchev–Trinajstić information content (AvgIpc) is 2.86.